The van der Waals surface area contributed by atoms with Gasteiger partial charge in [-0.3, -0.25) is 19.8 Å². The number of nitrogens with one attached hydrogen (secondary N) is 1. The van der Waals surface area contributed by atoms with Gasteiger partial charge < -0.3 is 19.4 Å². The molecule has 4 aliphatic heterocycles. The number of amides is 2. The van der Waals surface area contributed by atoms with Crippen molar-refractivity contribution in [2.75, 3.05) is 36.0 Å². The highest BCUT2D eigenvalue weighted by Gasteiger charge is 2.56. The number of hydrogen-bond donors (Lipinski definition) is 1. The number of fused-ring (bicyclic) bond motifs is 6. The van der Waals surface area contributed by atoms with Gasteiger partial charge in [0.25, 0.3) is 11.8 Å². The molecule has 0 atom stereocenters. The van der Waals surface area contributed by atoms with Crippen molar-refractivity contribution in [2.24, 2.45) is 0 Å². The number of hydroxylamine groups is 2. The fraction of sp³-hybridized carbons (Fsp3) is 0.281. The van der Waals surface area contributed by atoms with Crippen molar-refractivity contribution in [2.45, 2.75) is 31.1 Å². The first-order valence-corrected chi connectivity index (χ1v) is 14.2. The standard InChI is InChI=1S/C32H26N4O6/c33-30-29(39)21-6-3-18(31(40)42-36-27(37)9-10-28(36)38)15-24(21)32(30)22-7-4-19(34-11-1-12-34)16-25(22)41-26-17-20(5-8-23(26)32)35-13-2-14-35/h3-8,15-17,33H,1-2,9-14H2. The highest BCUT2D eigenvalue weighted by atomic mass is 16.7. The number of Topliss-reactive ketones (excluding diaryl/α,β-unsaturated/α-hetero) is 1. The second-order valence-corrected chi connectivity index (χ2v) is 11.3. The number of benzene rings is 3. The lowest BCUT2D eigenvalue weighted by atomic mass is 9.67. The third-order valence-electron chi connectivity index (χ3n) is 9.09. The molecule has 0 aromatic heterocycles. The van der Waals surface area contributed by atoms with E-state index in [2.05, 4.69) is 9.80 Å². The molecule has 3 aromatic rings. The van der Waals surface area contributed by atoms with Crippen LogP contribution in [0.25, 0.3) is 0 Å². The van der Waals surface area contributed by atoms with Gasteiger partial charge in [0, 0.05) is 79.2 Å². The molecule has 0 unspecified atom stereocenters. The van der Waals surface area contributed by atoms with E-state index >= 15 is 0 Å². The summed E-state index contributed by atoms with van der Waals surface area (Å²) in [6, 6.07) is 16.2. The Morgan fingerprint density at radius 1 is 0.762 bits per heavy atom. The molecular weight excluding hydrogens is 536 g/mol. The summed E-state index contributed by atoms with van der Waals surface area (Å²) in [7, 11) is 0. The van der Waals surface area contributed by atoms with Crippen LogP contribution in [0.5, 0.6) is 11.5 Å². The molecule has 42 heavy (non-hydrogen) atoms. The highest BCUT2D eigenvalue weighted by Crippen LogP contribution is 2.57. The quantitative estimate of drug-likeness (QED) is 0.474. The fourth-order valence-electron chi connectivity index (χ4n) is 6.59. The van der Waals surface area contributed by atoms with Gasteiger partial charge in [-0.25, -0.2) is 4.79 Å². The summed E-state index contributed by atoms with van der Waals surface area (Å²) >= 11 is 0. The Bertz CT molecular complexity index is 1690. The molecule has 1 N–H and O–H groups in total. The lowest BCUT2D eigenvalue weighted by molar-refractivity contribution is -0.172. The molecule has 0 radical (unpaired) electrons. The van der Waals surface area contributed by atoms with Gasteiger partial charge in [0.1, 0.15) is 11.5 Å². The van der Waals surface area contributed by atoms with Crippen LogP contribution in [0, 0.1) is 5.41 Å². The number of carbonyl (C=O) groups excluding carboxylic acids is 4. The third kappa shape index (κ3) is 3.29. The Morgan fingerprint density at radius 2 is 1.33 bits per heavy atom. The Labute approximate surface area is 240 Å². The molecule has 2 amide bonds. The van der Waals surface area contributed by atoms with Crippen LogP contribution in [0.4, 0.5) is 11.4 Å². The molecule has 5 aliphatic rings. The normalized spacial score (nSPS) is 19.7. The minimum atomic E-state index is -1.33. The topological polar surface area (TPSA) is 120 Å². The zero-order chi connectivity index (χ0) is 28.7. The zero-order valence-electron chi connectivity index (χ0n) is 22.6. The largest absolute Gasteiger partial charge is 0.457 e. The van der Waals surface area contributed by atoms with Gasteiger partial charge in [0.2, 0.25) is 5.78 Å². The van der Waals surface area contributed by atoms with Crippen LogP contribution in [-0.4, -0.2) is 60.5 Å². The first kappa shape index (κ1) is 24.8. The SMILES string of the molecule is N=C1C(=O)c2ccc(C(=O)ON3C(=O)CCC3=O)cc2C12c1ccc(N3CCC3)cc1Oc1cc(N3CCC3)ccc12. The molecule has 3 fully saturated rings. The summed E-state index contributed by atoms with van der Waals surface area (Å²) < 4.78 is 6.54. The van der Waals surface area contributed by atoms with Gasteiger partial charge in [-0.1, -0.05) is 12.1 Å². The number of hydrogen-bond acceptors (Lipinski definition) is 9. The van der Waals surface area contributed by atoms with Crippen molar-refractivity contribution in [3.05, 3.63) is 82.4 Å². The van der Waals surface area contributed by atoms with Crippen LogP contribution < -0.4 is 14.5 Å². The molecular formula is C32H26N4O6. The van der Waals surface area contributed by atoms with Crippen molar-refractivity contribution >= 4 is 40.7 Å². The first-order chi connectivity index (χ1) is 20.4. The Balaban J connectivity index is 1.31. The number of rotatable bonds is 4. The smallest absolute Gasteiger partial charge is 0.363 e. The molecule has 1 aliphatic carbocycles. The number of imide groups is 1. The van der Waals surface area contributed by atoms with Crippen molar-refractivity contribution < 1.29 is 28.8 Å². The predicted molar refractivity (Wildman–Crippen MR) is 152 cm³/mol. The van der Waals surface area contributed by atoms with Crippen molar-refractivity contribution in [3.63, 3.8) is 0 Å². The van der Waals surface area contributed by atoms with Crippen LogP contribution in [0.1, 0.15) is 63.1 Å². The van der Waals surface area contributed by atoms with E-state index in [0.717, 1.165) is 50.4 Å². The number of ether oxygens (including phenoxy) is 1. The van der Waals surface area contributed by atoms with E-state index in [1.54, 1.807) is 6.07 Å². The fourth-order valence-corrected chi connectivity index (χ4v) is 6.59. The summed E-state index contributed by atoms with van der Waals surface area (Å²) in [4.78, 5) is 60.7. The Kier molecular flexibility index (Phi) is 5.16. The van der Waals surface area contributed by atoms with Gasteiger partial charge in [0.15, 0.2) is 0 Å². The van der Waals surface area contributed by atoms with E-state index < -0.39 is 29.0 Å². The summed E-state index contributed by atoms with van der Waals surface area (Å²) in [5, 5.41) is 9.79. The van der Waals surface area contributed by atoms with Crippen molar-refractivity contribution in [3.8, 4) is 11.5 Å². The molecule has 3 aromatic carbocycles. The summed E-state index contributed by atoms with van der Waals surface area (Å²) in [5.41, 5.74) is 2.67. The summed E-state index contributed by atoms with van der Waals surface area (Å²) in [5.74, 6) is -1.38. The third-order valence-corrected chi connectivity index (χ3v) is 9.09. The van der Waals surface area contributed by atoms with E-state index in [9.17, 15) is 24.6 Å². The van der Waals surface area contributed by atoms with Gasteiger partial charge in [-0.05, 0) is 48.7 Å². The van der Waals surface area contributed by atoms with Crippen LogP contribution in [0.3, 0.4) is 0 Å². The molecule has 0 bridgehead atoms. The summed E-state index contributed by atoms with van der Waals surface area (Å²) in [6.45, 7) is 3.79. The van der Waals surface area contributed by atoms with E-state index in [-0.39, 0.29) is 24.1 Å². The first-order valence-electron chi connectivity index (χ1n) is 14.2. The van der Waals surface area contributed by atoms with E-state index in [1.807, 2.05) is 36.4 Å². The van der Waals surface area contributed by atoms with Gasteiger partial charge in [0.05, 0.1) is 16.7 Å². The lowest BCUT2D eigenvalue weighted by Gasteiger charge is -2.40. The molecule has 0 saturated carbocycles. The molecule has 1 spiro atoms. The average molecular weight is 563 g/mol. The molecule has 210 valence electrons. The highest BCUT2D eigenvalue weighted by molar-refractivity contribution is 6.53. The lowest BCUT2D eigenvalue weighted by Crippen LogP contribution is -2.40. The Hall–Kier alpha value is -4.99. The maximum absolute atomic E-state index is 13.7. The maximum Gasteiger partial charge on any atom is 0.363 e. The zero-order valence-corrected chi connectivity index (χ0v) is 22.6. The molecule has 8 rings (SSSR count). The minimum Gasteiger partial charge on any atom is -0.457 e. The van der Waals surface area contributed by atoms with Gasteiger partial charge in [-0.2, -0.15) is 0 Å². The monoisotopic (exact) mass is 562 g/mol. The van der Waals surface area contributed by atoms with E-state index in [0.29, 0.717) is 38.8 Å². The summed E-state index contributed by atoms with van der Waals surface area (Å²) in [6.07, 6.45) is 2.20. The average Bonchev–Trinajstić information content (AvgIpc) is 3.35. The predicted octanol–water partition coefficient (Wildman–Crippen LogP) is 3.98. The van der Waals surface area contributed by atoms with Crippen LogP contribution in [0.2, 0.25) is 0 Å². The van der Waals surface area contributed by atoms with Crippen molar-refractivity contribution in [1.82, 2.24) is 5.06 Å². The Morgan fingerprint density at radius 3 is 1.86 bits per heavy atom. The maximum atomic E-state index is 13.7. The molecule has 10 nitrogen and oxygen atoms in total. The van der Waals surface area contributed by atoms with Gasteiger partial charge in [-0.15, -0.1) is 5.06 Å². The number of anilines is 2. The van der Waals surface area contributed by atoms with Crippen LogP contribution >= 0.6 is 0 Å². The second-order valence-electron chi connectivity index (χ2n) is 11.3. The van der Waals surface area contributed by atoms with Crippen LogP contribution in [-0.2, 0) is 19.8 Å². The van der Waals surface area contributed by atoms with Crippen molar-refractivity contribution in [1.29, 1.82) is 5.41 Å². The minimum absolute atomic E-state index is 0.0164. The molecule has 3 saturated heterocycles. The molecule has 10 heteroatoms. The van der Waals surface area contributed by atoms with E-state index in [1.165, 1.54) is 12.1 Å². The molecule has 4 heterocycles. The van der Waals surface area contributed by atoms with Crippen LogP contribution in [0.15, 0.2) is 54.6 Å². The van der Waals surface area contributed by atoms with Gasteiger partial charge >= 0.3 is 5.97 Å². The number of carbonyl (C=O) groups is 4. The number of nitrogens with zero attached hydrogens (tertiary/aromatic N) is 3. The number of ketones is 1. The second kappa shape index (κ2) is 8.75. The van der Waals surface area contributed by atoms with E-state index in [4.69, 9.17) is 9.57 Å².